The number of nitrogens with zero attached hydrogens (tertiary/aromatic N) is 1. The van der Waals surface area contributed by atoms with Gasteiger partial charge in [-0.25, -0.2) is 0 Å². The third-order valence-electron chi connectivity index (χ3n) is 4.20. The number of halogens is 1. The predicted molar refractivity (Wildman–Crippen MR) is 67.6 cm³/mol. The number of hydrogen-bond donors (Lipinski definition) is 1. The number of carbonyl (C=O) groups excluding carboxylic acids is 1. The summed E-state index contributed by atoms with van der Waals surface area (Å²) in [7, 11) is 0. The van der Waals surface area contributed by atoms with E-state index in [1.165, 1.54) is 12.8 Å². The Bertz CT molecular complexity index is 251. The zero-order valence-corrected chi connectivity index (χ0v) is 10.9. The normalized spacial score (nSPS) is 27.9. The van der Waals surface area contributed by atoms with E-state index in [9.17, 15) is 4.79 Å². The van der Waals surface area contributed by atoms with Gasteiger partial charge in [-0.05, 0) is 25.7 Å². The van der Waals surface area contributed by atoms with Gasteiger partial charge in [0.1, 0.15) is 0 Å². The molecule has 4 heteroatoms. The molecule has 0 aromatic heterocycles. The summed E-state index contributed by atoms with van der Waals surface area (Å²) >= 11 is 0. The summed E-state index contributed by atoms with van der Waals surface area (Å²) in [4.78, 5) is 14.4. The second-order valence-corrected chi connectivity index (χ2v) is 5.14. The van der Waals surface area contributed by atoms with Gasteiger partial charge in [0.25, 0.3) is 0 Å². The topological polar surface area (TPSA) is 46.3 Å². The van der Waals surface area contributed by atoms with Crippen LogP contribution in [-0.4, -0.2) is 29.9 Å². The molecule has 1 heterocycles. The highest BCUT2D eigenvalue weighted by Gasteiger charge is 2.42. The first-order chi connectivity index (χ1) is 7.18. The van der Waals surface area contributed by atoms with Crippen molar-refractivity contribution in [3.63, 3.8) is 0 Å². The molecule has 2 rings (SSSR count). The molecule has 2 N–H and O–H groups in total. The molecule has 3 nitrogen and oxygen atoms in total. The summed E-state index contributed by atoms with van der Waals surface area (Å²) in [5.41, 5.74) is 5.83. The molecule has 2 aliphatic rings. The van der Waals surface area contributed by atoms with Gasteiger partial charge >= 0.3 is 0 Å². The summed E-state index contributed by atoms with van der Waals surface area (Å²) in [5, 5.41) is 0. The van der Waals surface area contributed by atoms with Gasteiger partial charge in [0, 0.05) is 24.5 Å². The third-order valence-corrected chi connectivity index (χ3v) is 4.20. The SMILES string of the molecule is CCC1(C(=O)N2CC[C@H](N)C2)CCCC1.Cl. The Hall–Kier alpha value is -0.280. The second-order valence-electron chi connectivity index (χ2n) is 5.14. The van der Waals surface area contributed by atoms with E-state index in [2.05, 4.69) is 6.92 Å². The minimum Gasteiger partial charge on any atom is -0.341 e. The Balaban J connectivity index is 0.00000128. The zero-order valence-electron chi connectivity index (χ0n) is 10.1. The molecule has 1 aliphatic heterocycles. The molecule has 0 spiro atoms. The van der Waals surface area contributed by atoms with E-state index in [1.54, 1.807) is 0 Å². The Morgan fingerprint density at radius 1 is 1.44 bits per heavy atom. The van der Waals surface area contributed by atoms with Crippen LogP contribution in [-0.2, 0) is 4.79 Å². The molecular weight excluding hydrogens is 224 g/mol. The van der Waals surface area contributed by atoms with Crippen LogP contribution < -0.4 is 5.73 Å². The van der Waals surface area contributed by atoms with Gasteiger partial charge in [-0.15, -0.1) is 12.4 Å². The molecule has 2 fully saturated rings. The molecule has 1 saturated carbocycles. The average Bonchev–Trinajstić information content (AvgIpc) is 2.86. The van der Waals surface area contributed by atoms with Gasteiger partial charge in [0.2, 0.25) is 5.91 Å². The maximum atomic E-state index is 12.4. The van der Waals surface area contributed by atoms with E-state index in [0.717, 1.165) is 38.8 Å². The Labute approximate surface area is 104 Å². The van der Waals surface area contributed by atoms with Gasteiger partial charge in [0.05, 0.1) is 0 Å². The van der Waals surface area contributed by atoms with E-state index in [1.807, 2.05) is 4.90 Å². The van der Waals surface area contributed by atoms with Gasteiger partial charge in [-0.2, -0.15) is 0 Å². The lowest BCUT2D eigenvalue weighted by Gasteiger charge is -2.31. The van der Waals surface area contributed by atoms with E-state index in [0.29, 0.717) is 5.91 Å². The highest BCUT2D eigenvalue weighted by molar-refractivity contribution is 5.85. The predicted octanol–water partition coefficient (Wildman–Crippen LogP) is 1.94. The number of likely N-dealkylation sites (tertiary alicyclic amines) is 1. The lowest BCUT2D eigenvalue weighted by atomic mass is 9.82. The van der Waals surface area contributed by atoms with E-state index >= 15 is 0 Å². The van der Waals surface area contributed by atoms with Crippen LogP contribution in [0.4, 0.5) is 0 Å². The molecule has 0 unspecified atom stereocenters. The fraction of sp³-hybridized carbons (Fsp3) is 0.917. The lowest BCUT2D eigenvalue weighted by molar-refractivity contribution is -0.141. The monoisotopic (exact) mass is 246 g/mol. The van der Waals surface area contributed by atoms with E-state index in [-0.39, 0.29) is 23.9 Å². The van der Waals surface area contributed by atoms with Crippen molar-refractivity contribution in [3.8, 4) is 0 Å². The molecule has 0 aromatic carbocycles. The summed E-state index contributed by atoms with van der Waals surface area (Å²) in [5.74, 6) is 0.385. The quantitative estimate of drug-likeness (QED) is 0.810. The van der Waals surface area contributed by atoms with Crippen molar-refractivity contribution < 1.29 is 4.79 Å². The van der Waals surface area contributed by atoms with Gasteiger partial charge in [0.15, 0.2) is 0 Å². The van der Waals surface area contributed by atoms with Crippen LogP contribution in [0.15, 0.2) is 0 Å². The highest BCUT2D eigenvalue weighted by atomic mass is 35.5. The molecular formula is C12H23ClN2O. The Morgan fingerprint density at radius 2 is 2.06 bits per heavy atom. The second kappa shape index (κ2) is 5.37. The largest absolute Gasteiger partial charge is 0.341 e. The molecule has 0 radical (unpaired) electrons. The standard InChI is InChI=1S/C12H22N2O.ClH/c1-2-12(6-3-4-7-12)11(15)14-8-5-10(13)9-14;/h10H,2-9,13H2,1H3;1H/t10-;/m0./s1. The molecule has 1 atom stereocenters. The summed E-state index contributed by atoms with van der Waals surface area (Å²) in [6, 6.07) is 0.212. The van der Waals surface area contributed by atoms with Crippen LogP contribution >= 0.6 is 12.4 Å². The third kappa shape index (κ3) is 2.35. The van der Waals surface area contributed by atoms with E-state index < -0.39 is 0 Å². The summed E-state index contributed by atoms with van der Waals surface area (Å²) in [6.45, 7) is 3.81. The number of rotatable bonds is 2. The van der Waals surface area contributed by atoms with Crippen LogP contribution in [0.1, 0.15) is 45.4 Å². The van der Waals surface area contributed by atoms with Crippen LogP contribution in [0.5, 0.6) is 0 Å². The van der Waals surface area contributed by atoms with Crippen molar-refractivity contribution >= 4 is 18.3 Å². The van der Waals surface area contributed by atoms with Gasteiger partial charge in [-0.1, -0.05) is 19.8 Å². The smallest absolute Gasteiger partial charge is 0.228 e. The summed E-state index contributed by atoms with van der Waals surface area (Å²) < 4.78 is 0. The first-order valence-corrected chi connectivity index (χ1v) is 6.23. The van der Waals surface area contributed by atoms with Crippen molar-refractivity contribution in [2.24, 2.45) is 11.1 Å². The van der Waals surface area contributed by atoms with E-state index in [4.69, 9.17) is 5.73 Å². The Morgan fingerprint density at radius 3 is 2.50 bits per heavy atom. The molecule has 0 bridgehead atoms. The Kier molecular flexibility index (Phi) is 4.62. The minimum atomic E-state index is -0.0237. The van der Waals surface area contributed by atoms with Crippen LogP contribution in [0.25, 0.3) is 0 Å². The molecule has 0 aromatic rings. The summed E-state index contributed by atoms with van der Waals surface area (Å²) in [6.07, 6.45) is 6.60. The number of hydrogen-bond acceptors (Lipinski definition) is 2. The molecule has 1 aliphatic carbocycles. The zero-order chi connectivity index (χ0) is 10.9. The fourth-order valence-corrected chi connectivity index (χ4v) is 3.08. The van der Waals surface area contributed by atoms with Crippen molar-refractivity contribution in [1.29, 1.82) is 0 Å². The average molecular weight is 247 g/mol. The van der Waals surface area contributed by atoms with Gasteiger partial charge in [-0.3, -0.25) is 4.79 Å². The number of amides is 1. The molecule has 1 amide bonds. The molecule has 94 valence electrons. The van der Waals surface area contributed by atoms with Crippen LogP contribution in [0.2, 0.25) is 0 Å². The van der Waals surface area contributed by atoms with Crippen molar-refractivity contribution in [3.05, 3.63) is 0 Å². The van der Waals surface area contributed by atoms with Crippen molar-refractivity contribution in [2.75, 3.05) is 13.1 Å². The lowest BCUT2D eigenvalue weighted by Crippen LogP contribution is -2.42. The molecule has 16 heavy (non-hydrogen) atoms. The van der Waals surface area contributed by atoms with Crippen LogP contribution in [0.3, 0.4) is 0 Å². The fourth-order valence-electron chi connectivity index (χ4n) is 3.08. The number of carbonyl (C=O) groups is 1. The maximum absolute atomic E-state index is 12.4. The first kappa shape index (κ1) is 13.8. The van der Waals surface area contributed by atoms with Crippen molar-refractivity contribution in [1.82, 2.24) is 4.90 Å². The maximum Gasteiger partial charge on any atom is 0.228 e. The molecule has 1 saturated heterocycles. The van der Waals surface area contributed by atoms with Gasteiger partial charge < -0.3 is 10.6 Å². The number of nitrogens with two attached hydrogens (primary N) is 1. The van der Waals surface area contributed by atoms with Crippen LogP contribution in [0, 0.1) is 5.41 Å². The first-order valence-electron chi connectivity index (χ1n) is 6.23. The minimum absolute atomic E-state index is 0. The van der Waals surface area contributed by atoms with Crippen molar-refractivity contribution in [2.45, 2.75) is 51.5 Å². The highest BCUT2D eigenvalue weighted by Crippen LogP contribution is 2.42.